The van der Waals surface area contributed by atoms with Gasteiger partial charge in [0.15, 0.2) is 11.6 Å². The molecule has 4 heteroatoms. The van der Waals surface area contributed by atoms with Crippen molar-refractivity contribution in [1.29, 1.82) is 0 Å². The van der Waals surface area contributed by atoms with Crippen molar-refractivity contribution >= 4 is 34.8 Å². The molecule has 1 aliphatic carbocycles. The van der Waals surface area contributed by atoms with Crippen LogP contribution in [0.1, 0.15) is 54.4 Å². The Labute approximate surface area is 134 Å². The summed E-state index contributed by atoms with van der Waals surface area (Å²) < 4.78 is 0. The lowest BCUT2D eigenvalue weighted by atomic mass is 10.1. The number of fused-ring (bicyclic) bond motifs is 2. The van der Waals surface area contributed by atoms with Gasteiger partial charge in [-0.25, -0.2) is 9.97 Å². The molecular weight excluding hydrogens is 272 g/mol. The van der Waals surface area contributed by atoms with Crippen molar-refractivity contribution in [2.75, 3.05) is 11.5 Å². The summed E-state index contributed by atoms with van der Waals surface area (Å²) in [6, 6.07) is 4.03. The van der Waals surface area contributed by atoms with Gasteiger partial charge in [-0.3, -0.25) is 0 Å². The Hall–Kier alpha value is -2.10. The molecule has 2 aromatic rings. The molecule has 122 valence electrons. The summed E-state index contributed by atoms with van der Waals surface area (Å²) >= 11 is 0. The van der Waals surface area contributed by atoms with Crippen LogP contribution in [0.4, 0.5) is 11.6 Å². The van der Waals surface area contributed by atoms with E-state index in [1.807, 2.05) is 53.7 Å². The fourth-order valence-corrected chi connectivity index (χ4v) is 1.99. The van der Waals surface area contributed by atoms with Crippen LogP contribution in [0, 0.1) is 0 Å². The second kappa shape index (κ2) is 10.6. The Bertz CT molecular complexity index is 630. The summed E-state index contributed by atoms with van der Waals surface area (Å²) in [5.41, 5.74) is 12.9. The van der Waals surface area contributed by atoms with Crippen LogP contribution >= 0.6 is 0 Å². The van der Waals surface area contributed by atoms with Crippen molar-refractivity contribution < 1.29 is 0 Å². The molecule has 0 atom stereocenters. The summed E-state index contributed by atoms with van der Waals surface area (Å²) in [4.78, 5) is 8.48. The lowest BCUT2D eigenvalue weighted by Crippen LogP contribution is -2.26. The van der Waals surface area contributed by atoms with E-state index in [0.29, 0.717) is 11.6 Å². The van der Waals surface area contributed by atoms with E-state index in [-0.39, 0.29) is 0 Å². The van der Waals surface area contributed by atoms with Crippen LogP contribution in [0.25, 0.3) is 23.2 Å². The number of rotatable bonds is 0. The van der Waals surface area contributed by atoms with Crippen LogP contribution in [0.5, 0.6) is 0 Å². The van der Waals surface area contributed by atoms with Crippen molar-refractivity contribution in [3.8, 4) is 0 Å². The Morgan fingerprint density at radius 2 is 1.00 bits per heavy atom. The van der Waals surface area contributed by atoms with Crippen LogP contribution in [0.3, 0.4) is 0 Å². The zero-order valence-electron chi connectivity index (χ0n) is 14.8. The van der Waals surface area contributed by atoms with Gasteiger partial charge >= 0.3 is 0 Å². The molecule has 4 N–H and O–H groups in total. The monoisotopic (exact) mass is 302 g/mol. The second-order valence-corrected chi connectivity index (χ2v) is 3.95. The number of nitrogen functional groups attached to an aromatic ring is 2. The Kier molecular flexibility index (Phi) is 9.59. The van der Waals surface area contributed by atoms with E-state index in [2.05, 4.69) is 22.1 Å². The maximum Gasteiger partial charge on any atom is 0.166 e. The number of anilines is 2. The highest BCUT2D eigenvalue weighted by Crippen LogP contribution is 2.13. The number of benzene rings is 1. The first-order valence-electron chi connectivity index (χ1n) is 8.27. The summed E-state index contributed by atoms with van der Waals surface area (Å²) in [5, 5.41) is 2.41. The van der Waals surface area contributed by atoms with Crippen LogP contribution in [-0.4, -0.2) is 9.97 Å². The maximum absolute atomic E-state index is 5.65. The average Bonchev–Trinajstić information content (AvgIpc) is 2.60. The largest absolute Gasteiger partial charge is 0.381 e. The van der Waals surface area contributed by atoms with Gasteiger partial charge in [-0.05, 0) is 35.4 Å². The van der Waals surface area contributed by atoms with Crippen molar-refractivity contribution in [1.82, 2.24) is 9.97 Å². The fraction of sp³-hybridized carbons (Fsp3) is 0.444. The SMILES string of the molecule is CC.CC.CC.Nc1nc2cc3c(cc2nc1N)=CCCC=3. The minimum atomic E-state index is 0.298. The molecule has 22 heavy (non-hydrogen) atoms. The number of hydrogen-bond acceptors (Lipinski definition) is 4. The molecule has 0 saturated carbocycles. The highest BCUT2D eigenvalue weighted by atomic mass is 15.0. The van der Waals surface area contributed by atoms with Gasteiger partial charge in [-0.2, -0.15) is 0 Å². The molecule has 0 unspecified atom stereocenters. The average molecular weight is 302 g/mol. The van der Waals surface area contributed by atoms with Crippen molar-refractivity contribution in [2.24, 2.45) is 0 Å². The Morgan fingerprint density at radius 1 is 0.682 bits per heavy atom. The molecule has 0 amide bonds. The molecule has 0 spiro atoms. The molecule has 0 radical (unpaired) electrons. The molecule has 0 saturated heterocycles. The van der Waals surface area contributed by atoms with E-state index in [9.17, 15) is 0 Å². The molecule has 0 bridgehead atoms. The van der Waals surface area contributed by atoms with Gasteiger partial charge in [0.05, 0.1) is 11.0 Å². The first kappa shape index (κ1) is 19.9. The minimum absolute atomic E-state index is 0.298. The van der Waals surface area contributed by atoms with Gasteiger partial charge in [-0.1, -0.05) is 53.7 Å². The van der Waals surface area contributed by atoms with Crippen LogP contribution in [-0.2, 0) is 0 Å². The molecular formula is C18H30N4. The highest BCUT2D eigenvalue weighted by molar-refractivity contribution is 5.79. The number of nitrogens with two attached hydrogens (primary N) is 2. The van der Waals surface area contributed by atoms with Gasteiger partial charge in [0.1, 0.15) is 0 Å². The van der Waals surface area contributed by atoms with Gasteiger partial charge in [-0.15, -0.1) is 0 Å². The highest BCUT2D eigenvalue weighted by Gasteiger charge is 2.03. The predicted molar refractivity (Wildman–Crippen MR) is 99.8 cm³/mol. The molecule has 1 aromatic carbocycles. The zero-order valence-corrected chi connectivity index (χ0v) is 14.8. The van der Waals surface area contributed by atoms with E-state index in [1.54, 1.807) is 0 Å². The van der Waals surface area contributed by atoms with E-state index in [0.717, 1.165) is 23.9 Å². The smallest absolute Gasteiger partial charge is 0.166 e. The maximum atomic E-state index is 5.65. The lowest BCUT2D eigenvalue weighted by molar-refractivity contribution is 1.12. The molecule has 1 heterocycles. The predicted octanol–water partition coefficient (Wildman–Crippen LogP) is 3.23. The van der Waals surface area contributed by atoms with Crippen molar-refractivity contribution in [3.05, 3.63) is 22.6 Å². The number of nitrogens with zero attached hydrogens (tertiary/aromatic N) is 2. The third-order valence-electron chi connectivity index (χ3n) is 2.82. The summed E-state index contributed by atoms with van der Waals surface area (Å²) in [6.07, 6.45) is 6.58. The van der Waals surface area contributed by atoms with Gasteiger partial charge in [0.2, 0.25) is 0 Å². The number of aromatic nitrogens is 2. The van der Waals surface area contributed by atoms with E-state index in [1.165, 1.54) is 10.4 Å². The third kappa shape index (κ3) is 4.72. The van der Waals surface area contributed by atoms with E-state index in [4.69, 9.17) is 11.5 Å². The fourth-order valence-electron chi connectivity index (χ4n) is 1.99. The number of hydrogen-bond donors (Lipinski definition) is 2. The Balaban J connectivity index is 0.000000661. The van der Waals surface area contributed by atoms with Gasteiger partial charge < -0.3 is 11.5 Å². The summed E-state index contributed by atoms with van der Waals surface area (Å²) in [5.74, 6) is 0.597. The standard InChI is InChI=1S/C12H12N4.3C2H6/c13-11-12(14)16-10-6-8-4-2-1-3-7(8)5-9(10)15-11;3*1-2/h3-6H,1-2H2,(H2,13,15)(H2,14,16);3*1-2H3. The van der Waals surface area contributed by atoms with E-state index >= 15 is 0 Å². The molecule has 3 rings (SSSR count). The van der Waals surface area contributed by atoms with Crippen molar-refractivity contribution in [3.63, 3.8) is 0 Å². The molecule has 0 aliphatic heterocycles. The van der Waals surface area contributed by atoms with E-state index < -0.39 is 0 Å². The second-order valence-electron chi connectivity index (χ2n) is 3.95. The van der Waals surface area contributed by atoms with Gasteiger partial charge in [0, 0.05) is 0 Å². The first-order valence-corrected chi connectivity index (χ1v) is 8.27. The first-order chi connectivity index (χ1) is 10.7. The molecule has 4 nitrogen and oxygen atoms in total. The minimum Gasteiger partial charge on any atom is -0.381 e. The normalized spacial score (nSPS) is 11.0. The van der Waals surface area contributed by atoms with Crippen LogP contribution in [0.2, 0.25) is 0 Å². The topological polar surface area (TPSA) is 77.8 Å². The summed E-state index contributed by atoms with van der Waals surface area (Å²) in [6.45, 7) is 12.0. The van der Waals surface area contributed by atoms with Gasteiger partial charge in [0.25, 0.3) is 0 Å². The lowest BCUT2D eigenvalue weighted by Gasteiger charge is -2.04. The zero-order chi connectivity index (χ0) is 17.1. The van der Waals surface area contributed by atoms with Crippen LogP contribution < -0.4 is 21.9 Å². The molecule has 1 aromatic heterocycles. The molecule has 1 aliphatic rings. The molecule has 0 fully saturated rings. The summed E-state index contributed by atoms with van der Waals surface area (Å²) in [7, 11) is 0. The quantitative estimate of drug-likeness (QED) is 0.783. The third-order valence-corrected chi connectivity index (χ3v) is 2.82. The van der Waals surface area contributed by atoms with Crippen LogP contribution in [0.15, 0.2) is 12.1 Å². The Morgan fingerprint density at radius 3 is 1.32 bits per heavy atom. The van der Waals surface area contributed by atoms with Crippen molar-refractivity contribution in [2.45, 2.75) is 54.4 Å².